The van der Waals surface area contributed by atoms with Gasteiger partial charge in [-0.3, -0.25) is 0 Å². The molecule has 0 aliphatic rings. The SMILES string of the molecule is C#CCOC(=O)/C=C/c1cc(Cl)c(OCc2ccccc2C)c(Br)c1. The van der Waals surface area contributed by atoms with Crippen molar-refractivity contribution in [3.63, 3.8) is 0 Å². The molecule has 2 aromatic carbocycles. The van der Waals surface area contributed by atoms with Crippen LogP contribution in [0.2, 0.25) is 5.02 Å². The highest BCUT2D eigenvalue weighted by Crippen LogP contribution is 2.35. The Labute approximate surface area is 160 Å². The van der Waals surface area contributed by atoms with E-state index in [1.807, 2.05) is 37.3 Å². The highest BCUT2D eigenvalue weighted by atomic mass is 79.9. The number of carbonyl (C=O) groups excluding carboxylic acids is 1. The monoisotopic (exact) mass is 418 g/mol. The van der Waals surface area contributed by atoms with E-state index in [4.69, 9.17) is 27.5 Å². The van der Waals surface area contributed by atoms with E-state index in [-0.39, 0.29) is 6.61 Å². The molecule has 0 unspecified atom stereocenters. The molecule has 128 valence electrons. The smallest absolute Gasteiger partial charge is 0.331 e. The van der Waals surface area contributed by atoms with Crippen molar-refractivity contribution in [2.45, 2.75) is 13.5 Å². The number of aryl methyl sites for hydroxylation is 1. The van der Waals surface area contributed by atoms with Crippen LogP contribution in [0, 0.1) is 19.3 Å². The summed E-state index contributed by atoms with van der Waals surface area (Å²) >= 11 is 9.76. The van der Waals surface area contributed by atoms with Gasteiger partial charge in [0.1, 0.15) is 6.61 Å². The van der Waals surface area contributed by atoms with Crippen molar-refractivity contribution in [2.24, 2.45) is 0 Å². The fourth-order valence-electron chi connectivity index (χ4n) is 2.06. The van der Waals surface area contributed by atoms with E-state index in [0.717, 1.165) is 16.7 Å². The summed E-state index contributed by atoms with van der Waals surface area (Å²) in [5.74, 6) is 2.28. The Morgan fingerprint density at radius 3 is 2.80 bits per heavy atom. The molecule has 0 spiro atoms. The fourth-order valence-corrected chi connectivity index (χ4v) is 3.05. The van der Waals surface area contributed by atoms with Crippen molar-refractivity contribution < 1.29 is 14.3 Å². The van der Waals surface area contributed by atoms with Gasteiger partial charge in [0.25, 0.3) is 0 Å². The minimum Gasteiger partial charge on any atom is -0.486 e. The molecule has 0 amide bonds. The van der Waals surface area contributed by atoms with Gasteiger partial charge in [-0.05, 0) is 57.8 Å². The van der Waals surface area contributed by atoms with Crippen LogP contribution in [0.3, 0.4) is 0 Å². The van der Waals surface area contributed by atoms with Crippen molar-refractivity contribution in [1.82, 2.24) is 0 Å². The minimum absolute atomic E-state index is 0.0562. The molecule has 25 heavy (non-hydrogen) atoms. The van der Waals surface area contributed by atoms with Crippen molar-refractivity contribution in [1.29, 1.82) is 0 Å². The van der Waals surface area contributed by atoms with Crippen LogP contribution in [0.1, 0.15) is 16.7 Å². The number of benzene rings is 2. The highest BCUT2D eigenvalue weighted by Gasteiger charge is 2.10. The van der Waals surface area contributed by atoms with E-state index >= 15 is 0 Å². The second kappa shape index (κ2) is 9.31. The molecule has 0 aliphatic carbocycles. The van der Waals surface area contributed by atoms with E-state index in [9.17, 15) is 4.79 Å². The van der Waals surface area contributed by atoms with Crippen molar-refractivity contribution in [2.75, 3.05) is 6.61 Å². The van der Waals surface area contributed by atoms with Gasteiger partial charge in [0, 0.05) is 6.08 Å². The van der Waals surface area contributed by atoms with Crippen molar-refractivity contribution in [3.05, 3.63) is 68.7 Å². The number of hydrogen-bond acceptors (Lipinski definition) is 3. The quantitative estimate of drug-likeness (QED) is 0.368. The molecule has 2 aromatic rings. The molecule has 5 heteroatoms. The predicted molar refractivity (Wildman–Crippen MR) is 103 cm³/mol. The molecule has 0 fully saturated rings. The molecular formula is C20H16BrClO3. The molecule has 2 rings (SSSR count). The van der Waals surface area contributed by atoms with E-state index in [0.29, 0.717) is 21.9 Å². The Kier molecular flexibility index (Phi) is 7.12. The van der Waals surface area contributed by atoms with E-state index in [1.54, 1.807) is 12.1 Å². The lowest BCUT2D eigenvalue weighted by molar-refractivity contribution is -0.136. The third kappa shape index (κ3) is 5.67. The summed E-state index contributed by atoms with van der Waals surface area (Å²) in [7, 11) is 0. The third-order valence-corrected chi connectivity index (χ3v) is 4.23. The Balaban J connectivity index is 2.09. The first kappa shape index (κ1) is 19.1. The molecule has 0 radical (unpaired) electrons. The Hall–Kier alpha value is -2.22. The third-order valence-electron chi connectivity index (χ3n) is 3.36. The van der Waals surface area contributed by atoms with Crippen molar-refractivity contribution in [3.8, 4) is 18.1 Å². The predicted octanol–water partition coefficient (Wildman–Crippen LogP) is 5.18. The topological polar surface area (TPSA) is 35.5 Å². The average molecular weight is 420 g/mol. The molecule has 0 N–H and O–H groups in total. The zero-order chi connectivity index (χ0) is 18.2. The molecule has 0 aliphatic heterocycles. The van der Waals surface area contributed by atoms with E-state index in [1.165, 1.54) is 6.08 Å². The van der Waals surface area contributed by atoms with Gasteiger partial charge in [0.2, 0.25) is 0 Å². The van der Waals surface area contributed by atoms with Gasteiger partial charge in [0.05, 0.1) is 9.50 Å². The number of ether oxygens (including phenoxy) is 2. The molecule has 0 saturated carbocycles. The first-order chi connectivity index (χ1) is 12.0. The zero-order valence-electron chi connectivity index (χ0n) is 13.6. The largest absolute Gasteiger partial charge is 0.486 e. The van der Waals surface area contributed by atoms with Gasteiger partial charge >= 0.3 is 5.97 Å². The van der Waals surface area contributed by atoms with Gasteiger partial charge < -0.3 is 9.47 Å². The lowest BCUT2D eigenvalue weighted by Gasteiger charge is -2.12. The highest BCUT2D eigenvalue weighted by molar-refractivity contribution is 9.10. The molecule has 0 bridgehead atoms. The van der Waals surface area contributed by atoms with Gasteiger partial charge in [-0.25, -0.2) is 4.79 Å². The Bertz CT molecular complexity index is 814. The van der Waals surface area contributed by atoms with Gasteiger partial charge in [-0.1, -0.05) is 41.8 Å². The van der Waals surface area contributed by atoms with Crippen LogP contribution in [-0.4, -0.2) is 12.6 Å². The Morgan fingerprint density at radius 1 is 1.36 bits per heavy atom. The summed E-state index contributed by atoms with van der Waals surface area (Å²) < 4.78 is 11.3. The first-order valence-corrected chi connectivity index (χ1v) is 8.63. The van der Waals surface area contributed by atoms with Crippen LogP contribution in [0.4, 0.5) is 0 Å². The number of hydrogen-bond donors (Lipinski definition) is 0. The average Bonchev–Trinajstić information content (AvgIpc) is 2.59. The summed E-state index contributed by atoms with van der Waals surface area (Å²) in [5.41, 5.74) is 2.98. The minimum atomic E-state index is -0.509. The maximum atomic E-state index is 11.4. The van der Waals surface area contributed by atoms with Crippen LogP contribution in [-0.2, 0) is 16.1 Å². The first-order valence-electron chi connectivity index (χ1n) is 7.46. The second-order valence-corrected chi connectivity index (χ2v) is 6.44. The molecule has 0 atom stereocenters. The van der Waals surface area contributed by atoms with Crippen LogP contribution < -0.4 is 4.74 Å². The van der Waals surface area contributed by atoms with Gasteiger partial charge in [-0.15, -0.1) is 6.42 Å². The number of rotatable bonds is 6. The fraction of sp³-hybridized carbons (Fsp3) is 0.150. The number of halogens is 2. The molecule has 0 heterocycles. The summed E-state index contributed by atoms with van der Waals surface area (Å²) in [5, 5.41) is 0.444. The summed E-state index contributed by atoms with van der Waals surface area (Å²) in [6.45, 7) is 2.39. The van der Waals surface area contributed by atoms with E-state index in [2.05, 4.69) is 21.9 Å². The number of carbonyl (C=O) groups is 1. The molecule has 3 nitrogen and oxygen atoms in total. The van der Waals surface area contributed by atoms with Gasteiger partial charge in [-0.2, -0.15) is 0 Å². The second-order valence-electron chi connectivity index (χ2n) is 5.17. The van der Waals surface area contributed by atoms with E-state index < -0.39 is 5.97 Å². The summed E-state index contributed by atoms with van der Waals surface area (Å²) in [4.78, 5) is 11.4. The number of esters is 1. The van der Waals surface area contributed by atoms with Crippen LogP contribution in [0.25, 0.3) is 6.08 Å². The zero-order valence-corrected chi connectivity index (χ0v) is 15.9. The van der Waals surface area contributed by atoms with Crippen LogP contribution in [0.15, 0.2) is 46.9 Å². The lowest BCUT2D eigenvalue weighted by Crippen LogP contribution is -2.00. The molecular weight excluding hydrogens is 404 g/mol. The van der Waals surface area contributed by atoms with Crippen molar-refractivity contribution >= 4 is 39.6 Å². The molecule has 0 saturated heterocycles. The standard InChI is InChI=1S/C20H16BrClO3/c1-3-10-24-19(23)9-8-15-11-17(21)20(18(22)12-15)25-13-16-7-5-4-6-14(16)2/h1,4-9,11-12H,10,13H2,2H3/b9-8+. The number of terminal acetylenes is 1. The van der Waals surface area contributed by atoms with Crippen LogP contribution in [0.5, 0.6) is 5.75 Å². The Morgan fingerprint density at radius 2 is 2.12 bits per heavy atom. The molecule has 0 aromatic heterocycles. The summed E-state index contributed by atoms with van der Waals surface area (Å²) in [6.07, 6.45) is 7.92. The maximum absolute atomic E-state index is 11.4. The maximum Gasteiger partial charge on any atom is 0.331 e. The van der Waals surface area contributed by atoms with Crippen LogP contribution >= 0.6 is 27.5 Å². The van der Waals surface area contributed by atoms with Gasteiger partial charge in [0.15, 0.2) is 12.4 Å². The lowest BCUT2D eigenvalue weighted by atomic mass is 10.1. The normalized spacial score (nSPS) is 10.5. The summed E-state index contributed by atoms with van der Waals surface area (Å²) in [6, 6.07) is 11.5.